The standard InChI is InChI=1S/C16H22O4/c1-2-19-14-10-6-9-13(16(17)18)15(14)20-11-12-7-4-3-5-8-12/h6,9-10,12H,2-5,7-8,11H2,1H3,(H,17,18). The minimum Gasteiger partial charge on any atom is -0.490 e. The monoisotopic (exact) mass is 278 g/mol. The van der Waals surface area contributed by atoms with Crippen molar-refractivity contribution in [2.45, 2.75) is 39.0 Å². The van der Waals surface area contributed by atoms with Gasteiger partial charge in [-0.1, -0.05) is 25.3 Å². The van der Waals surface area contributed by atoms with Gasteiger partial charge in [-0.25, -0.2) is 4.79 Å². The third kappa shape index (κ3) is 3.65. The summed E-state index contributed by atoms with van der Waals surface area (Å²) >= 11 is 0. The number of rotatable bonds is 6. The minimum absolute atomic E-state index is 0.173. The zero-order valence-corrected chi connectivity index (χ0v) is 11.9. The Bertz CT molecular complexity index is 450. The molecule has 0 saturated heterocycles. The largest absolute Gasteiger partial charge is 0.490 e. The molecule has 0 amide bonds. The van der Waals surface area contributed by atoms with Gasteiger partial charge in [-0.3, -0.25) is 0 Å². The first-order valence-electron chi connectivity index (χ1n) is 7.34. The third-order valence-electron chi connectivity index (χ3n) is 3.70. The van der Waals surface area contributed by atoms with Crippen molar-refractivity contribution >= 4 is 5.97 Å². The van der Waals surface area contributed by atoms with E-state index in [-0.39, 0.29) is 5.56 Å². The molecule has 110 valence electrons. The zero-order chi connectivity index (χ0) is 14.4. The summed E-state index contributed by atoms with van der Waals surface area (Å²) in [6.07, 6.45) is 6.12. The van der Waals surface area contributed by atoms with Gasteiger partial charge in [0.1, 0.15) is 5.56 Å². The number of carboxylic acids is 1. The molecule has 1 saturated carbocycles. The van der Waals surface area contributed by atoms with Crippen LogP contribution in [0.5, 0.6) is 11.5 Å². The molecule has 0 aliphatic heterocycles. The molecule has 1 aliphatic rings. The molecule has 1 aromatic rings. The fourth-order valence-corrected chi connectivity index (χ4v) is 2.66. The van der Waals surface area contributed by atoms with Crippen LogP contribution in [-0.4, -0.2) is 24.3 Å². The normalized spacial score (nSPS) is 15.8. The summed E-state index contributed by atoms with van der Waals surface area (Å²) < 4.78 is 11.3. The smallest absolute Gasteiger partial charge is 0.339 e. The van der Waals surface area contributed by atoms with Crippen molar-refractivity contribution in [3.05, 3.63) is 23.8 Å². The van der Waals surface area contributed by atoms with Gasteiger partial charge < -0.3 is 14.6 Å². The average Bonchev–Trinajstić information content (AvgIpc) is 2.47. The summed E-state index contributed by atoms with van der Waals surface area (Å²) in [5.74, 6) is 0.431. The maximum Gasteiger partial charge on any atom is 0.339 e. The van der Waals surface area contributed by atoms with Crippen LogP contribution in [0.2, 0.25) is 0 Å². The first kappa shape index (κ1) is 14.7. The predicted molar refractivity (Wildman–Crippen MR) is 76.6 cm³/mol. The molecule has 0 radical (unpaired) electrons. The van der Waals surface area contributed by atoms with E-state index < -0.39 is 5.97 Å². The molecule has 0 spiro atoms. The van der Waals surface area contributed by atoms with E-state index in [0.717, 1.165) is 0 Å². The Morgan fingerprint density at radius 3 is 2.65 bits per heavy atom. The van der Waals surface area contributed by atoms with Crippen LogP contribution in [0.4, 0.5) is 0 Å². The molecular formula is C16H22O4. The first-order valence-corrected chi connectivity index (χ1v) is 7.34. The molecule has 2 rings (SSSR count). The fraction of sp³-hybridized carbons (Fsp3) is 0.562. The lowest BCUT2D eigenvalue weighted by atomic mass is 9.90. The summed E-state index contributed by atoms with van der Waals surface area (Å²) in [5, 5.41) is 9.26. The molecule has 0 atom stereocenters. The molecule has 0 aromatic heterocycles. The summed E-state index contributed by atoms with van der Waals surface area (Å²) in [5.41, 5.74) is 0.173. The number of hydrogen-bond acceptors (Lipinski definition) is 3. The van der Waals surface area contributed by atoms with Crippen LogP contribution in [0.1, 0.15) is 49.4 Å². The molecule has 4 nitrogen and oxygen atoms in total. The van der Waals surface area contributed by atoms with Crippen molar-refractivity contribution in [3.8, 4) is 11.5 Å². The van der Waals surface area contributed by atoms with Crippen molar-refractivity contribution in [2.24, 2.45) is 5.92 Å². The van der Waals surface area contributed by atoms with Gasteiger partial charge in [0, 0.05) is 0 Å². The molecule has 0 heterocycles. The molecule has 1 N–H and O–H groups in total. The van der Waals surface area contributed by atoms with Crippen LogP contribution >= 0.6 is 0 Å². The van der Waals surface area contributed by atoms with Gasteiger partial charge in [0.15, 0.2) is 11.5 Å². The van der Waals surface area contributed by atoms with Crippen molar-refractivity contribution in [3.63, 3.8) is 0 Å². The number of hydrogen-bond donors (Lipinski definition) is 1. The number of carbonyl (C=O) groups is 1. The average molecular weight is 278 g/mol. The molecular weight excluding hydrogens is 256 g/mol. The second-order valence-corrected chi connectivity index (χ2v) is 5.19. The quantitative estimate of drug-likeness (QED) is 0.861. The van der Waals surface area contributed by atoms with Crippen molar-refractivity contribution < 1.29 is 19.4 Å². The number of benzene rings is 1. The van der Waals surface area contributed by atoms with Gasteiger partial charge >= 0.3 is 5.97 Å². The highest BCUT2D eigenvalue weighted by Crippen LogP contribution is 2.33. The Morgan fingerprint density at radius 1 is 1.25 bits per heavy atom. The van der Waals surface area contributed by atoms with Crippen molar-refractivity contribution in [1.82, 2.24) is 0 Å². The van der Waals surface area contributed by atoms with Gasteiger partial charge in [0.2, 0.25) is 0 Å². The maximum absolute atomic E-state index is 11.3. The molecule has 4 heteroatoms. The fourth-order valence-electron chi connectivity index (χ4n) is 2.66. The topological polar surface area (TPSA) is 55.8 Å². The van der Waals surface area contributed by atoms with Crippen LogP contribution < -0.4 is 9.47 Å². The maximum atomic E-state index is 11.3. The van der Waals surface area contributed by atoms with Crippen LogP contribution in [-0.2, 0) is 0 Å². The zero-order valence-electron chi connectivity index (χ0n) is 11.9. The molecule has 1 fully saturated rings. The lowest BCUT2D eigenvalue weighted by Gasteiger charge is -2.23. The lowest BCUT2D eigenvalue weighted by Crippen LogP contribution is -2.17. The van der Waals surface area contributed by atoms with Gasteiger partial charge in [0.25, 0.3) is 0 Å². The van der Waals surface area contributed by atoms with Crippen molar-refractivity contribution in [2.75, 3.05) is 13.2 Å². The van der Waals surface area contributed by atoms with E-state index in [1.54, 1.807) is 18.2 Å². The van der Waals surface area contributed by atoms with Gasteiger partial charge in [-0.15, -0.1) is 0 Å². The number of carboxylic acid groups (broad SMARTS) is 1. The van der Waals surface area contributed by atoms with Crippen LogP contribution in [0, 0.1) is 5.92 Å². The van der Waals surface area contributed by atoms with Crippen LogP contribution in [0.3, 0.4) is 0 Å². The number of ether oxygens (including phenoxy) is 2. The Balaban J connectivity index is 2.12. The third-order valence-corrected chi connectivity index (χ3v) is 3.70. The lowest BCUT2D eigenvalue weighted by molar-refractivity contribution is 0.0689. The van der Waals surface area contributed by atoms with E-state index in [9.17, 15) is 9.90 Å². The summed E-state index contributed by atoms with van der Waals surface area (Å²) in [6, 6.07) is 5.00. The summed E-state index contributed by atoms with van der Waals surface area (Å²) in [7, 11) is 0. The SMILES string of the molecule is CCOc1cccc(C(=O)O)c1OCC1CCCCC1. The highest BCUT2D eigenvalue weighted by molar-refractivity contribution is 5.92. The number of para-hydroxylation sites is 1. The van der Waals surface area contributed by atoms with Crippen LogP contribution in [0.25, 0.3) is 0 Å². The summed E-state index contributed by atoms with van der Waals surface area (Å²) in [4.78, 5) is 11.3. The van der Waals surface area contributed by atoms with E-state index in [1.165, 1.54) is 32.1 Å². The first-order chi connectivity index (χ1) is 9.72. The van der Waals surface area contributed by atoms with Crippen molar-refractivity contribution in [1.29, 1.82) is 0 Å². The predicted octanol–water partition coefficient (Wildman–Crippen LogP) is 3.74. The Hall–Kier alpha value is -1.71. The van der Waals surface area contributed by atoms with E-state index >= 15 is 0 Å². The van der Waals surface area contributed by atoms with E-state index in [4.69, 9.17) is 9.47 Å². The highest BCUT2D eigenvalue weighted by Gasteiger charge is 2.19. The second-order valence-electron chi connectivity index (χ2n) is 5.19. The Labute approximate surface area is 119 Å². The van der Waals surface area contributed by atoms with E-state index in [2.05, 4.69) is 0 Å². The van der Waals surface area contributed by atoms with Gasteiger partial charge in [-0.05, 0) is 37.8 Å². The van der Waals surface area contributed by atoms with Gasteiger partial charge in [-0.2, -0.15) is 0 Å². The highest BCUT2D eigenvalue weighted by atomic mass is 16.5. The van der Waals surface area contributed by atoms with E-state index in [0.29, 0.717) is 30.6 Å². The molecule has 0 unspecified atom stereocenters. The molecule has 20 heavy (non-hydrogen) atoms. The second kappa shape index (κ2) is 7.17. The minimum atomic E-state index is -0.981. The van der Waals surface area contributed by atoms with Gasteiger partial charge in [0.05, 0.1) is 13.2 Å². The Kier molecular flexibility index (Phi) is 5.27. The molecule has 0 bridgehead atoms. The summed E-state index contributed by atoms with van der Waals surface area (Å²) in [6.45, 7) is 2.94. The number of aromatic carboxylic acids is 1. The van der Waals surface area contributed by atoms with Crippen LogP contribution in [0.15, 0.2) is 18.2 Å². The molecule has 1 aromatic carbocycles. The molecule has 1 aliphatic carbocycles. The Morgan fingerprint density at radius 2 is 2.00 bits per heavy atom. The van der Waals surface area contributed by atoms with E-state index in [1.807, 2.05) is 6.92 Å².